The summed E-state index contributed by atoms with van der Waals surface area (Å²) >= 11 is 6.07. The van der Waals surface area contributed by atoms with E-state index < -0.39 is 0 Å². The molecule has 0 fully saturated rings. The van der Waals surface area contributed by atoms with Gasteiger partial charge in [0.1, 0.15) is 0 Å². The van der Waals surface area contributed by atoms with Crippen LogP contribution in [0.25, 0.3) is 0 Å². The van der Waals surface area contributed by atoms with Gasteiger partial charge in [-0.2, -0.15) is 4.80 Å². The van der Waals surface area contributed by atoms with Gasteiger partial charge in [0.05, 0.1) is 18.3 Å². The molecule has 0 radical (unpaired) electrons. The number of rotatable bonds is 1. The van der Waals surface area contributed by atoms with Crippen LogP contribution in [0.15, 0.2) is 24.3 Å². The van der Waals surface area contributed by atoms with E-state index in [2.05, 4.69) is 15.4 Å². The van der Waals surface area contributed by atoms with Gasteiger partial charge in [0.2, 0.25) is 0 Å². The highest BCUT2D eigenvalue weighted by molar-refractivity contribution is 6.22. The van der Waals surface area contributed by atoms with Crippen LogP contribution in [0.4, 0.5) is 0 Å². The normalized spacial score (nSPS) is 26.6. The maximum Gasteiger partial charge on any atom is 0.183 e. The standard InChI is InChI=1S/C8H9ClN4/c1-13-11-8(10-12-13)6-4-2-3-5-7(6)9/h2-7H,1H3. The first-order valence-electron chi connectivity index (χ1n) is 4.00. The van der Waals surface area contributed by atoms with Gasteiger partial charge in [0.25, 0.3) is 0 Å². The predicted octanol–water partition coefficient (Wildman–Crippen LogP) is 1.03. The highest BCUT2D eigenvalue weighted by Crippen LogP contribution is 2.25. The molecule has 0 saturated heterocycles. The minimum atomic E-state index is -0.0748. The Morgan fingerprint density at radius 2 is 2.15 bits per heavy atom. The lowest BCUT2D eigenvalue weighted by Gasteiger charge is -2.13. The first kappa shape index (κ1) is 8.44. The Bertz CT molecular complexity index is 355. The van der Waals surface area contributed by atoms with Crippen molar-refractivity contribution in [1.82, 2.24) is 20.2 Å². The van der Waals surface area contributed by atoms with Gasteiger partial charge in [-0.15, -0.1) is 21.8 Å². The Kier molecular flexibility index (Phi) is 2.14. The fourth-order valence-corrected chi connectivity index (χ4v) is 1.52. The highest BCUT2D eigenvalue weighted by Gasteiger charge is 2.22. The predicted molar refractivity (Wildman–Crippen MR) is 49.5 cm³/mol. The third kappa shape index (κ3) is 1.62. The summed E-state index contributed by atoms with van der Waals surface area (Å²) in [6, 6.07) is 0. The zero-order chi connectivity index (χ0) is 9.26. The summed E-state index contributed by atoms with van der Waals surface area (Å²) in [4.78, 5) is 1.44. The largest absolute Gasteiger partial charge is 0.183 e. The third-order valence-corrected chi connectivity index (χ3v) is 2.31. The molecule has 1 aliphatic rings. The van der Waals surface area contributed by atoms with Crippen molar-refractivity contribution in [2.45, 2.75) is 11.3 Å². The quantitative estimate of drug-likeness (QED) is 0.631. The number of nitrogens with zero attached hydrogens (tertiary/aromatic N) is 4. The average molecular weight is 197 g/mol. The number of aryl methyl sites for hydroxylation is 1. The van der Waals surface area contributed by atoms with Crippen LogP contribution in [-0.4, -0.2) is 25.6 Å². The van der Waals surface area contributed by atoms with Gasteiger partial charge >= 0.3 is 0 Å². The summed E-state index contributed by atoms with van der Waals surface area (Å²) in [7, 11) is 1.74. The number of tetrazole rings is 1. The SMILES string of the molecule is Cn1nnc(C2C=CC=CC2Cl)n1. The summed E-state index contributed by atoms with van der Waals surface area (Å²) in [5.41, 5.74) is 0. The Morgan fingerprint density at radius 3 is 2.77 bits per heavy atom. The summed E-state index contributed by atoms with van der Waals surface area (Å²) in [6.07, 6.45) is 7.77. The minimum absolute atomic E-state index is 0.0420. The van der Waals surface area contributed by atoms with Crippen LogP contribution in [0.5, 0.6) is 0 Å². The lowest BCUT2D eigenvalue weighted by Crippen LogP contribution is -2.12. The zero-order valence-electron chi connectivity index (χ0n) is 7.13. The van der Waals surface area contributed by atoms with Crippen LogP contribution in [0.2, 0.25) is 0 Å². The molecule has 0 spiro atoms. The molecule has 68 valence electrons. The van der Waals surface area contributed by atoms with Crippen LogP contribution in [0.1, 0.15) is 11.7 Å². The number of halogens is 1. The first-order chi connectivity index (χ1) is 6.27. The topological polar surface area (TPSA) is 43.6 Å². The molecule has 13 heavy (non-hydrogen) atoms. The molecule has 2 unspecified atom stereocenters. The van der Waals surface area contributed by atoms with Crippen molar-refractivity contribution in [3.05, 3.63) is 30.1 Å². The molecular formula is C8H9ClN4. The summed E-state index contributed by atoms with van der Waals surface area (Å²) < 4.78 is 0. The molecule has 5 heteroatoms. The molecule has 0 bridgehead atoms. The van der Waals surface area contributed by atoms with Crippen molar-refractivity contribution < 1.29 is 0 Å². The Morgan fingerprint density at radius 1 is 1.38 bits per heavy atom. The van der Waals surface area contributed by atoms with Crippen LogP contribution < -0.4 is 0 Å². The van der Waals surface area contributed by atoms with Crippen molar-refractivity contribution in [2.75, 3.05) is 0 Å². The summed E-state index contributed by atoms with van der Waals surface area (Å²) in [5, 5.41) is 11.7. The first-order valence-corrected chi connectivity index (χ1v) is 4.44. The Balaban J connectivity index is 2.26. The second kappa shape index (κ2) is 3.30. The van der Waals surface area contributed by atoms with E-state index in [0.29, 0.717) is 5.82 Å². The summed E-state index contributed by atoms with van der Waals surface area (Å²) in [5.74, 6) is 0.712. The van der Waals surface area contributed by atoms with Crippen molar-refractivity contribution in [2.24, 2.45) is 7.05 Å². The number of alkyl halides is 1. The van der Waals surface area contributed by atoms with Crippen molar-refractivity contribution in [3.63, 3.8) is 0 Å². The molecule has 0 amide bonds. The van der Waals surface area contributed by atoms with Crippen LogP contribution >= 0.6 is 11.6 Å². The monoisotopic (exact) mass is 196 g/mol. The van der Waals surface area contributed by atoms with Gasteiger partial charge in [-0.3, -0.25) is 0 Å². The van der Waals surface area contributed by atoms with Gasteiger partial charge in [-0.05, 0) is 5.21 Å². The average Bonchev–Trinajstić information content (AvgIpc) is 2.53. The lowest BCUT2D eigenvalue weighted by atomic mass is 10.00. The Labute approximate surface area is 80.9 Å². The molecule has 0 N–H and O–H groups in total. The lowest BCUT2D eigenvalue weighted by molar-refractivity contribution is 0.625. The molecular weight excluding hydrogens is 188 g/mol. The maximum atomic E-state index is 6.07. The van der Waals surface area contributed by atoms with Crippen molar-refractivity contribution in [3.8, 4) is 0 Å². The van der Waals surface area contributed by atoms with E-state index in [9.17, 15) is 0 Å². The molecule has 2 atom stereocenters. The molecule has 2 rings (SSSR count). The van der Waals surface area contributed by atoms with E-state index >= 15 is 0 Å². The molecule has 0 saturated carbocycles. The van der Waals surface area contributed by atoms with E-state index in [-0.39, 0.29) is 11.3 Å². The van der Waals surface area contributed by atoms with E-state index in [4.69, 9.17) is 11.6 Å². The fraction of sp³-hybridized carbons (Fsp3) is 0.375. The molecule has 1 aromatic heterocycles. The van der Waals surface area contributed by atoms with Crippen LogP contribution in [0.3, 0.4) is 0 Å². The smallest absolute Gasteiger partial charge is 0.167 e. The van der Waals surface area contributed by atoms with Gasteiger partial charge in [-0.1, -0.05) is 24.3 Å². The molecule has 4 nitrogen and oxygen atoms in total. The summed E-state index contributed by atoms with van der Waals surface area (Å²) in [6.45, 7) is 0. The third-order valence-electron chi connectivity index (χ3n) is 1.89. The second-order valence-electron chi connectivity index (χ2n) is 2.88. The van der Waals surface area contributed by atoms with Gasteiger partial charge < -0.3 is 0 Å². The van der Waals surface area contributed by atoms with Crippen LogP contribution in [0, 0.1) is 0 Å². The van der Waals surface area contributed by atoms with E-state index in [1.54, 1.807) is 7.05 Å². The van der Waals surface area contributed by atoms with Gasteiger partial charge in [-0.25, -0.2) is 0 Å². The number of allylic oxidation sites excluding steroid dienone is 4. The molecule has 1 aliphatic carbocycles. The fourth-order valence-electron chi connectivity index (χ4n) is 1.24. The Hall–Kier alpha value is -1.16. The van der Waals surface area contributed by atoms with Gasteiger partial charge in [0.15, 0.2) is 5.82 Å². The molecule has 0 aromatic carbocycles. The molecule has 0 aliphatic heterocycles. The van der Waals surface area contributed by atoms with Crippen LogP contribution in [-0.2, 0) is 7.05 Å². The highest BCUT2D eigenvalue weighted by atomic mass is 35.5. The minimum Gasteiger partial charge on any atom is -0.167 e. The van der Waals surface area contributed by atoms with Crippen molar-refractivity contribution in [1.29, 1.82) is 0 Å². The molecule has 1 aromatic rings. The van der Waals surface area contributed by atoms with E-state index in [1.807, 2.05) is 24.3 Å². The van der Waals surface area contributed by atoms with E-state index in [0.717, 1.165) is 0 Å². The number of aromatic nitrogens is 4. The number of hydrogen-bond donors (Lipinski definition) is 0. The maximum absolute atomic E-state index is 6.07. The molecule has 1 heterocycles. The second-order valence-corrected chi connectivity index (χ2v) is 3.38. The zero-order valence-corrected chi connectivity index (χ0v) is 7.89. The van der Waals surface area contributed by atoms with Gasteiger partial charge in [0, 0.05) is 0 Å². The number of hydrogen-bond acceptors (Lipinski definition) is 3. The van der Waals surface area contributed by atoms with E-state index in [1.165, 1.54) is 4.80 Å². The van der Waals surface area contributed by atoms with Crippen molar-refractivity contribution >= 4 is 11.6 Å².